The van der Waals surface area contributed by atoms with E-state index in [1.165, 1.54) is 94.3 Å². The molecule has 7 aromatic carbocycles. The molecule has 0 bridgehead atoms. The maximum absolute atomic E-state index is 4.50. The van der Waals surface area contributed by atoms with Crippen LogP contribution in [0.5, 0.6) is 0 Å². The summed E-state index contributed by atoms with van der Waals surface area (Å²) in [5.74, 6) is 0. The molecule has 0 fully saturated rings. The minimum absolute atomic E-state index is 0.898. The maximum Gasteiger partial charge on any atom is 0.0541 e. The minimum atomic E-state index is 0.898. The number of rotatable bonds is 4. The van der Waals surface area contributed by atoms with Gasteiger partial charge in [-0.05, 0) is 128 Å². The van der Waals surface area contributed by atoms with Gasteiger partial charge >= 0.3 is 0 Å². The lowest BCUT2D eigenvalue weighted by Crippen LogP contribution is -1.95. The number of fused-ring (bicyclic) bond motifs is 7. The van der Waals surface area contributed by atoms with Gasteiger partial charge in [-0.15, -0.1) is 0 Å². The van der Waals surface area contributed by atoms with E-state index in [-0.39, 0.29) is 0 Å². The van der Waals surface area contributed by atoms with Gasteiger partial charge in [0.1, 0.15) is 0 Å². The highest BCUT2D eigenvalue weighted by Crippen LogP contribution is 2.42. The zero-order valence-electron chi connectivity index (χ0n) is 29.5. The van der Waals surface area contributed by atoms with Gasteiger partial charge in [-0.3, -0.25) is 0 Å². The van der Waals surface area contributed by atoms with Crippen molar-refractivity contribution in [2.75, 3.05) is 0 Å². The van der Waals surface area contributed by atoms with E-state index in [4.69, 9.17) is 0 Å². The molecule has 10 rings (SSSR count). The second-order valence-electron chi connectivity index (χ2n) is 14.2. The zero-order chi connectivity index (χ0) is 35.3. The van der Waals surface area contributed by atoms with Crippen LogP contribution in [0.3, 0.4) is 0 Å². The third-order valence-corrected chi connectivity index (χ3v) is 11.0. The van der Waals surface area contributed by atoms with Gasteiger partial charge in [0.15, 0.2) is 0 Å². The van der Waals surface area contributed by atoms with Gasteiger partial charge in [0.2, 0.25) is 0 Å². The molecule has 1 aromatic heterocycles. The molecule has 1 heterocycles. The van der Waals surface area contributed by atoms with Crippen LogP contribution >= 0.6 is 0 Å². The summed E-state index contributed by atoms with van der Waals surface area (Å²) in [6.45, 7) is 4.50. The Morgan fingerprint density at radius 1 is 0.472 bits per heavy atom. The SMILES string of the molecule is C=C1/C=C\C=C/Cc2ccccc2C=C1c1ccc2c(c1)Cc1cc(-n3c4ccc(-c5ccccc5)cc4c4cc(-c5ccccc5)ccc43)ccc1-2. The first-order valence-electron chi connectivity index (χ1n) is 18.5. The van der Waals surface area contributed by atoms with E-state index >= 15 is 0 Å². The molecule has 250 valence electrons. The van der Waals surface area contributed by atoms with Crippen molar-refractivity contribution in [1.29, 1.82) is 0 Å². The molecular formula is C52H37N. The van der Waals surface area contributed by atoms with Crippen LogP contribution in [0.1, 0.15) is 27.8 Å². The van der Waals surface area contributed by atoms with Crippen molar-refractivity contribution in [1.82, 2.24) is 4.57 Å². The lowest BCUT2D eigenvalue weighted by atomic mass is 9.91. The molecule has 1 nitrogen and oxygen atoms in total. The van der Waals surface area contributed by atoms with Crippen LogP contribution in [-0.4, -0.2) is 4.57 Å². The Labute approximate surface area is 310 Å². The Morgan fingerprint density at radius 2 is 1.08 bits per heavy atom. The molecule has 53 heavy (non-hydrogen) atoms. The molecule has 0 saturated carbocycles. The van der Waals surface area contributed by atoms with E-state index in [2.05, 4.69) is 199 Å². The van der Waals surface area contributed by atoms with Crippen LogP contribution in [0.15, 0.2) is 194 Å². The second kappa shape index (κ2) is 12.8. The normalized spacial score (nSPS) is 14.7. The number of nitrogens with zero attached hydrogens (tertiary/aromatic N) is 1. The number of benzene rings is 7. The smallest absolute Gasteiger partial charge is 0.0541 e. The Kier molecular flexibility index (Phi) is 7.51. The first kappa shape index (κ1) is 31.1. The maximum atomic E-state index is 4.50. The average Bonchev–Trinajstić information content (AvgIpc) is 3.74. The quantitative estimate of drug-likeness (QED) is 0.175. The predicted molar refractivity (Wildman–Crippen MR) is 225 cm³/mol. The molecule has 0 radical (unpaired) electrons. The second-order valence-corrected chi connectivity index (χ2v) is 14.2. The van der Waals surface area contributed by atoms with Crippen LogP contribution in [0.4, 0.5) is 0 Å². The van der Waals surface area contributed by atoms with Gasteiger partial charge in [-0.25, -0.2) is 0 Å². The van der Waals surface area contributed by atoms with Crippen LogP contribution in [0, 0.1) is 0 Å². The van der Waals surface area contributed by atoms with Crippen LogP contribution in [0.25, 0.3) is 72.5 Å². The van der Waals surface area contributed by atoms with E-state index in [0.29, 0.717) is 0 Å². The summed E-state index contributed by atoms with van der Waals surface area (Å²) in [6, 6.07) is 58.0. The van der Waals surface area contributed by atoms with Gasteiger partial charge in [0.05, 0.1) is 11.0 Å². The monoisotopic (exact) mass is 675 g/mol. The van der Waals surface area contributed by atoms with Crippen molar-refractivity contribution >= 4 is 33.5 Å². The van der Waals surface area contributed by atoms with Gasteiger partial charge in [0, 0.05) is 16.5 Å². The number of hydrogen-bond donors (Lipinski definition) is 0. The topological polar surface area (TPSA) is 4.93 Å². The van der Waals surface area contributed by atoms with Crippen molar-refractivity contribution in [3.63, 3.8) is 0 Å². The van der Waals surface area contributed by atoms with Crippen molar-refractivity contribution < 1.29 is 0 Å². The summed E-state index contributed by atoms with van der Waals surface area (Å²) >= 11 is 0. The van der Waals surface area contributed by atoms with E-state index < -0.39 is 0 Å². The highest BCUT2D eigenvalue weighted by molar-refractivity contribution is 6.11. The standard InChI is InChI=1S/C52H37N/c1-35-13-5-2-6-14-36-19-11-12-20-39(36)32-48(35)42-21-25-46-43(29-42)30-44-31-45(24-26-47(44)46)53-51-27-22-40(37-15-7-3-8-16-37)33-49(51)50-34-41(23-28-52(50)53)38-17-9-4-10-18-38/h2-13,15-29,31-34H,1,14,30H2/b6-2-,13-5-,48-32?. The summed E-state index contributed by atoms with van der Waals surface area (Å²) in [4.78, 5) is 0. The molecule has 0 amide bonds. The number of hydrogen-bond acceptors (Lipinski definition) is 0. The first-order chi connectivity index (χ1) is 26.2. The van der Waals surface area contributed by atoms with E-state index in [9.17, 15) is 0 Å². The van der Waals surface area contributed by atoms with Crippen LogP contribution in [-0.2, 0) is 12.8 Å². The molecule has 8 aromatic rings. The summed E-state index contributed by atoms with van der Waals surface area (Å²) in [7, 11) is 0. The Morgan fingerprint density at radius 3 is 1.77 bits per heavy atom. The van der Waals surface area contributed by atoms with Gasteiger partial charge in [-0.1, -0.05) is 152 Å². The molecule has 0 N–H and O–H groups in total. The third-order valence-electron chi connectivity index (χ3n) is 11.0. The Hall–Kier alpha value is -6.70. The predicted octanol–water partition coefficient (Wildman–Crippen LogP) is 13.5. The average molecular weight is 676 g/mol. The van der Waals surface area contributed by atoms with Gasteiger partial charge in [-0.2, -0.15) is 0 Å². The molecule has 1 heteroatoms. The highest BCUT2D eigenvalue weighted by Gasteiger charge is 2.22. The van der Waals surface area contributed by atoms with Crippen molar-refractivity contribution in [3.8, 4) is 39.1 Å². The van der Waals surface area contributed by atoms with Gasteiger partial charge < -0.3 is 4.57 Å². The molecule has 2 aliphatic rings. The first-order valence-corrected chi connectivity index (χ1v) is 18.5. The lowest BCUT2D eigenvalue weighted by molar-refractivity contribution is 1.16. The van der Waals surface area contributed by atoms with E-state index in [1.54, 1.807) is 0 Å². The summed E-state index contributed by atoms with van der Waals surface area (Å²) < 4.78 is 2.45. The summed E-state index contributed by atoms with van der Waals surface area (Å²) in [5, 5.41) is 2.52. The highest BCUT2D eigenvalue weighted by atomic mass is 15.0. The number of allylic oxidation sites excluding steroid dienone is 6. The molecule has 0 spiro atoms. The third kappa shape index (κ3) is 5.50. The van der Waals surface area contributed by atoms with Crippen LogP contribution < -0.4 is 0 Å². The number of aromatic nitrogens is 1. The summed E-state index contributed by atoms with van der Waals surface area (Å²) in [5.41, 5.74) is 19.9. The fourth-order valence-corrected chi connectivity index (χ4v) is 8.34. The molecule has 2 aliphatic carbocycles. The molecule has 0 unspecified atom stereocenters. The van der Waals surface area contributed by atoms with Crippen LogP contribution in [0.2, 0.25) is 0 Å². The van der Waals surface area contributed by atoms with E-state index in [1.807, 2.05) is 0 Å². The van der Waals surface area contributed by atoms with Gasteiger partial charge in [0.25, 0.3) is 0 Å². The zero-order valence-corrected chi connectivity index (χ0v) is 29.5. The molecule has 0 atom stereocenters. The fraction of sp³-hybridized carbons (Fsp3) is 0.0385. The van der Waals surface area contributed by atoms with Crippen molar-refractivity contribution in [2.24, 2.45) is 0 Å². The molecular weight excluding hydrogens is 639 g/mol. The summed E-state index contributed by atoms with van der Waals surface area (Å²) in [6.07, 6.45) is 12.7. The van der Waals surface area contributed by atoms with Crippen molar-refractivity contribution in [2.45, 2.75) is 12.8 Å². The van der Waals surface area contributed by atoms with Crippen molar-refractivity contribution in [3.05, 3.63) is 222 Å². The molecule has 0 aliphatic heterocycles. The Balaban J connectivity index is 1.07. The lowest BCUT2D eigenvalue weighted by Gasteiger charge is -2.13. The van der Waals surface area contributed by atoms with E-state index in [0.717, 1.165) is 18.4 Å². The fourth-order valence-electron chi connectivity index (χ4n) is 8.34. The Bertz CT molecular complexity index is 2730. The molecule has 0 saturated heterocycles. The minimum Gasteiger partial charge on any atom is -0.309 e. The largest absolute Gasteiger partial charge is 0.309 e.